The molecule has 1 fully saturated rings. The number of aromatic nitrogens is 1. The van der Waals surface area contributed by atoms with Crippen LogP contribution in [0.15, 0.2) is 47.1 Å². The summed E-state index contributed by atoms with van der Waals surface area (Å²) in [7, 11) is 0. The molecule has 1 saturated carbocycles. The number of nitrogens with one attached hydrogen (secondary N) is 1. The number of nitrogens with zero attached hydrogens (tertiary/aromatic N) is 1. The van der Waals surface area contributed by atoms with E-state index in [1.807, 2.05) is 31.2 Å². The van der Waals surface area contributed by atoms with E-state index in [2.05, 4.69) is 5.32 Å². The van der Waals surface area contributed by atoms with Gasteiger partial charge in [0.25, 0.3) is 5.91 Å². The molecule has 1 aliphatic carbocycles. The van der Waals surface area contributed by atoms with Crippen molar-refractivity contribution in [2.75, 3.05) is 6.61 Å². The number of aliphatic hydroxyl groups is 1. The Morgan fingerprint density at radius 1 is 1.36 bits per heavy atom. The lowest BCUT2D eigenvalue weighted by Gasteiger charge is -2.16. The average Bonchev–Trinajstić information content (AvgIpc) is 3.33. The van der Waals surface area contributed by atoms with Crippen LogP contribution in [0.25, 0.3) is 10.9 Å². The molecule has 2 heterocycles. The molecule has 2 aromatic heterocycles. The van der Waals surface area contributed by atoms with Crippen LogP contribution >= 0.6 is 0 Å². The molecule has 25 heavy (non-hydrogen) atoms. The number of aryl methyl sites for hydroxylation is 1. The van der Waals surface area contributed by atoms with Crippen LogP contribution in [0.3, 0.4) is 0 Å². The minimum absolute atomic E-state index is 0.225. The molecule has 2 N–H and O–H groups in total. The highest BCUT2D eigenvalue weighted by atomic mass is 16.3. The fourth-order valence-electron chi connectivity index (χ4n) is 3.07. The summed E-state index contributed by atoms with van der Waals surface area (Å²) in [4.78, 5) is 17.7. The van der Waals surface area contributed by atoms with E-state index in [4.69, 9.17) is 9.40 Å². The van der Waals surface area contributed by atoms with E-state index < -0.39 is 6.04 Å². The van der Waals surface area contributed by atoms with Crippen LogP contribution in [0.2, 0.25) is 0 Å². The maximum Gasteiger partial charge on any atom is 0.252 e. The smallest absolute Gasteiger partial charge is 0.252 e. The summed E-state index contributed by atoms with van der Waals surface area (Å²) >= 11 is 0. The zero-order valence-corrected chi connectivity index (χ0v) is 14.0. The SMILES string of the molecule is Cc1ccc2nc(C3CC3)cc(C(=O)NC(CO)c3ccco3)c2c1. The fourth-order valence-corrected chi connectivity index (χ4v) is 3.07. The number of benzene rings is 1. The summed E-state index contributed by atoms with van der Waals surface area (Å²) in [6.07, 6.45) is 3.77. The lowest BCUT2D eigenvalue weighted by atomic mass is 10.0. The van der Waals surface area contributed by atoms with Crippen molar-refractivity contribution >= 4 is 16.8 Å². The van der Waals surface area contributed by atoms with Crippen molar-refractivity contribution in [1.82, 2.24) is 10.3 Å². The first-order valence-corrected chi connectivity index (χ1v) is 8.52. The first-order chi connectivity index (χ1) is 12.2. The van der Waals surface area contributed by atoms with Crippen LogP contribution in [-0.4, -0.2) is 22.6 Å². The molecule has 3 aromatic rings. The highest BCUT2D eigenvalue weighted by molar-refractivity contribution is 6.06. The lowest BCUT2D eigenvalue weighted by molar-refractivity contribution is 0.0909. The number of aliphatic hydroxyl groups excluding tert-OH is 1. The third-order valence-electron chi connectivity index (χ3n) is 4.60. The molecule has 1 amide bonds. The Kier molecular flexibility index (Phi) is 4.01. The molecule has 0 radical (unpaired) electrons. The Morgan fingerprint density at radius 2 is 2.20 bits per heavy atom. The van der Waals surface area contributed by atoms with E-state index >= 15 is 0 Å². The molecule has 0 spiro atoms. The fraction of sp³-hybridized carbons (Fsp3) is 0.300. The van der Waals surface area contributed by atoms with Gasteiger partial charge in [-0.3, -0.25) is 9.78 Å². The van der Waals surface area contributed by atoms with E-state index in [-0.39, 0.29) is 12.5 Å². The minimum atomic E-state index is -0.570. The topological polar surface area (TPSA) is 75.4 Å². The van der Waals surface area contributed by atoms with Crippen molar-refractivity contribution < 1.29 is 14.3 Å². The molecule has 4 rings (SSSR count). The van der Waals surface area contributed by atoms with Crippen molar-refractivity contribution in [3.05, 3.63) is 65.2 Å². The van der Waals surface area contributed by atoms with Crippen molar-refractivity contribution in [1.29, 1.82) is 0 Å². The lowest BCUT2D eigenvalue weighted by Crippen LogP contribution is -2.30. The summed E-state index contributed by atoms with van der Waals surface area (Å²) in [5, 5.41) is 13.3. The number of furan rings is 1. The van der Waals surface area contributed by atoms with E-state index in [0.717, 1.165) is 35.0 Å². The van der Waals surface area contributed by atoms with Crippen LogP contribution in [-0.2, 0) is 0 Å². The van der Waals surface area contributed by atoms with E-state index in [1.165, 1.54) is 6.26 Å². The highest BCUT2D eigenvalue weighted by Gasteiger charge is 2.27. The van der Waals surface area contributed by atoms with Crippen LogP contribution in [0, 0.1) is 6.92 Å². The number of amides is 1. The van der Waals surface area contributed by atoms with E-state index in [9.17, 15) is 9.90 Å². The molecule has 1 atom stereocenters. The second kappa shape index (κ2) is 6.33. The second-order valence-electron chi connectivity index (χ2n) is 6.61. The van der Waals surface area contributed by atoms with Gasteiger partial charge in [-0.15, -0.1) is 0 Å². The third kappa shape index (κ3) is 3.15. The quantitative estimate of drug-likeness (QED) is 0.748. The highest BCUT2D eigenvalue weighted by Crippen LogP contribution is 2.40. The maximum absolute atomic E-state index is 12.9. The molecule has 1 aliphatic rings. The number of pyridine rings is 1. The van der Waals surface area contributed by atoms with Crippen LogP contribution < -0.4 is 5.32 Å². The number of carbonyl (C=O) groups is 1. The second-order valence-corrected chi connectivity index (χ2v) is 6.61. The molecule has 1 aromatic carbocycles. The molecule has 1 unspecified atom stereocenters. The first-order valence-electron chi connectivity index (χ1n) is 8.52. The van der Waals surface area contributed by atoms with Gasteiger partial charge in [-0.25, -0.2) is 0 Å². The molecule has 0 bridgehead atoms. The Labute approximate surface area is 145 Å². The zero-order chi connectivity index (χ0) is 17.4. The summed E-state index contributed by atoms with van der Waals surface area (Å²) in [5.74, 6) is 0.763. The Morgan fingerprint density at radius 3 is 2.88 bits per heavy atom. The normalized spacial score (nSPS) is 15.3. The van der Waals surface area contributed by atoms with Gasteiger partial charge >= 0.3 is 0 Å². The van der Waals surface area contributed by atoms with Gasteiger partial charge in [-0.1, -0.05) is 11.6 Å². The van der Waals surface area contributed by atoms with Gasteiger partial charge in [0.1, 0.15) is 11.8 Å². The third-order valence-corrected chi connectivity index (χ3v) is 4.60. The van der Waals surface area contributed by atoms with Gasteiger partial charge in [0.2, 0.25) is 0 Å². The maximum atomic E-state index is 12.9. The summed E-state index contributed by atoms with van der Waals surface area (Å²) in [6.45, 7) is 1.77. The van der Waals surface area contributed by atoms with Gasteiger partial charge < -0.3 is 14.8 Å². The summed E-state index contributed by atoms with van der Waals surface area (Å²) in [5.41, 5.74) is 3.48. The van der Waals surface area contributed by atoms with Crippen molar-refractivity contribution in [2.45, 2.75) is 31.7 Å². The minimum Gasteiger partial charge on any atom is -0.467 e. The molecule has 128 valence electrons. The molecular formula is C20H20N2O3. The Hall–Kier alpha value is -2.66. The number of fused-ring (bicyclic) bond motifs is 1. The van der Waals surface area contributed by atoms with Gasteiger partial charge in [0, 0.05) is 17.0 Å². The summed E-state index contributed by atoms with van der Waals surface area (Å²) in [6, 6.07) is 10.8. The number of hydrogen-bond donors (Lipinski definition) is 2. The number of hydrogen-bond acceptors (Lipinski definition) is 4. The van der Waals surface area contributed by atoms with E-state index in [1.54, 1.807) is 12.1 Å². The van der Waals surface area contributed by atoms with Crippen molar-refractivity contribution in [3.8, 4) is 0 Å². The van der Waals surface area contributed by atoms with Gasteiger partial charge in [0.15, 0.2) is 0 Å². The standard InChI is InChI=1S/C20H20N2O3/c1-12-4-7-16-14(9-12)15(10-17(21-16)13-5-6-13)20(24)22-18(11-23)19-3-2-8-25-19/h2-4,7-10,13,18,23H,5-6,11H2,1H3,(H,22,24). The monoisotopic (exact) mass is 336 g/mol. The predicted octanol–water partition coefficient (Wildman–Crippen LogP) is 3.48. The molecule has 5 heteroatoms. The van der Waals surface area contributed by atoms with Gasteiger partial charge in [-0.05, 0) is 50.1 Å². The van der Waals surface area contributed by atoms with Gasteiger partial charge in [-0.2, -0.15) is 0 Å². The molecule has 5 nitrogen and oxygen atoms in total. The first kappa shape index (κ1) is 15.8. The van der Waals surface area contributed by atoms with Gasteiger partial charge in [0.05, 0.1) is 24.0 Å². The van der Waals surface area contributed by atoms with E-state index in [0.29, 0.717) is 17.2 Å². The molecule has 0 aliphatic heterocycles. The van der Waals surface area contributed by atoms with Crippen LogP contribution in [0.1, 0.15) is 52.2 Å². The number of rotatable bonds is 5. The zero-order valence-electron chi connectivity index (χ0n) is 14.0. The average molecular weight is 336 g/mol. The molecular weight excluding hydrogens is 316 g/mol. The Bertz CT molecular complexity index is 914. The summed E-state index contributed by atoms with van der Waals surface area (Å²) < 4.78 is 5.31. The number of carbonyl (C=O) groups excluding carboxylic acids is 1. The Balaban J connectivity index is 1.73. The van der Waals surface area contributed by atoms with Crippen LogP contribution in [0.5, 0.6) is 0 Å². The predicted molar refractivity (Wildman–Crippen MR) is 94.5 cm³/mol. The molecule has 0 saturated heterocycles. The van der Waals surface area contributed by atoms with Crippen molar-refractivity contribution in [3.63, 3.8) is 0 Å². The largest absolute Gasteiger partial charge is 0.467 e. The van der Waals surface area contributed by atoms with Crippen LogP contribution in [0.4, 0.5) is 0 Å². The van der Waals surface area contributed by atoms with Crippen molar-refractivity contribution in [2.24, 2.45) is 0 Å².